The molecule has 2 aliphatic heterocycles. The van der Waals surface area contributed by atoms with Crippen molar-refractivity contribution in [3.63, 3.8) is 0 Å². The molecule has 4 rings (SSSR count). The summed E-state index contributed by atoms with van der Waals surface area (Å²) in [4.78, 5) is 14.2. The smallest absolute Gasteiger partial charge is 0.260 e. The summed E-state index contributed by atoms with van der Waals surface area (Å²) in [5.74, 6) is 0.257. The van der Waals surface area contributed by atoms with E-state index in [0.717, 1.165) is 28.1 Å². The molecule has 2 heterocycles. The minimum absolute atomic E-state index is 0.00347. The van der Waals surface area contributed by atoms with Crippen LogP contribution < -0.4 is 4.74 Å². The molecule has 0 saturated carbocycles. The average Bonchev–Trinajstić information content (AvgIpc) is 3.08. The van der Waals surface area contributed by atoms with Gasteiger partial charge in [0.15, 0.2) is 12.4 Å². The standard InChI is InChI=1S/C19H20BrNO4/c20-16-3-1-15-12-17(4-2-14(15)11-16)23-13-18(22)21-7-5-19(6-8-21)24-9-10-25-19/h1-4,11-12H,5-10,13H2. The number of rotatable bonds is 3. The van der Waals surface area contributed by atoms with Crippen molar-refractivity contribution in [3.05, 3.63) is 40.9 Å². The number of carbonyl (C=O) groups excluding carboxylic acids is 1. The van der Waals surface area contributed by atoms with Crippen molar-refractivity contribution in [1.29, 1.82) is 0 Å². The molecule has 1 amide bonds. The van der Waals surface area contributed by atoms with Gasteiger partial charge in [0.05, 0.1) is 13.2 Å². The Morgan fingerprint density at radius 1 is 1.08 bits per heavy atom. The van der Waals surface area contributed by atoms with E-state index in [0.29, 0.717) is 32.1 Å². The highest BCUT2D eigenvalue weighted by Gasteiger charge is 2.40. The number of nitrogens with zero attached hydrogens (tertiary/aromatic N) is 1. The van der Waals surface area contributed by atoms with Gasteiger partial charge in [-0.2, -0.15) is 0 Å². The van der Waals surface area contributed by atoms with Crippen molar-refractivity contribution in [2.24, 2.45) is 0 Å². The van der Waals surface area contributed by atoms with Crippen molar-refractivity contribution < 1.29 is 19.0 Å². The van der Waals surface area contributed by atoms with Crippen molar-refractivity contribution in [2.75, 3.05) is 32.9 Å². The van der Waals surface area contributed by atoms with Gasteiger partial charge in [-0.3, -0.25) is 4.79 Å². The van der Waals surface area contributed by atoms with Crippen LogP contribution in [0.1, 0.15) is 12.8 Å². The van der Waals surface area contributed by atoms with E-state index >= 15 is 0 Å². The molecule has 0 N–H and O–H groups in total. The SMILES string of the molecule is O=C(COc1ccc2cc(Br)ccc2c1)N1CCC2(CC1)OCCO2. The molecule has 0 unspecified atom stereocenters. The summed E-state index contributed by atoms with van der Waals surface area (Å²) >= 11 is 3.47. The van der Waals surface area contributed by atoms with E-state index in [1.807, 2.05) is 35.2 Å². The van der Waals surface area contributed by atoms with Crippen LogP contribution in [0.2, 0.25) is 0 Å². The average molecular weight is 406 g/mol. The van der Waals surface area contributed by atoms with Gasteiger partial charge in [-0.25, -0.2) is 0 Å². The summed E-state index contributed by atoms with van der Waals surface area (Å²) in [6.07, 6.45) is 1.45. The summed E-state index contributed by atoms with van der Waals surface area (Å²) in [6, 6.07) is 11.9. The lowest BCUT2D eigenvalue weighted by molar-refractivity contribution is -0.187. The zero-order valence-corrected chi connectivity index (χ0v) is 15.5. The molecule has 6 heteroatoms. The molecule has 25 heavy (non-hydrogen) atoms. The van der Waals surface area contributed by atoms with Crippen molar-refractivity contribution in [1.82, 2.24) is 4.90 Å². The summed E-state index contributed by atoms with van der Waals surface area (Å²) in [6.45, 7) is 2.64. The molecule has 0 atom stereocenters. The first kappa shape index (κ1) is 16.8. The predicted octanol–water partition coefficient (Wildman–Crippen LogP) is 3.35. The van der Waals surface area contributed by atoms with Crippen LogP contribution in [0.5, 0.6) is 5.75 Å². The summed E-state index contributed by atoms with van der Waals surface area (Å²) in [5.41, 5.74) is 0. The van der Waals surface area contributed by atoms with Crippen LogP contribution in [0.4, 0.5) is 0 Å². The highest BCUT2D eigenvalue weighted by Crippen LogP contribution is 2.31. The van der Waals surface area contributed by atoms with Crippen LogP contribution in [0.3, 0.4) is 0 Å². The van der Waals surface area contributed by atoms with Gasteiger partial charge in [-0.05, 0) is 35.0 Å². The van der Waals surface area contributed by atoms with Gasteiger partial charge < -0.3 is 19.1 Å². The minimum Gasteiger partial charge on any atom is -0.484 e. The quantitative estimate of drug-likeness (QED) is 0.785. The molecule has 1 spiro atoms. The lowest BCUT2D eigenvalue weighted by atomic mass is 10.0. The molecule has 2 saturated heterocycles. The zero-order valence-electron chi connectivity index (χ0n) is 13.9. The molecular weight excluding hydrogens is 386 g/mol. The number of hydrogen-bond donors (Lipinski definition) is 0. The Morgan fingerprint density at radius 2 is 1.76 bits per heavy atom. The third-order valence-corrected chi connectivity index (χ3v) is 5.32. The van der Waals surface area contributed by atoms with Crippen LogP contribution in [0.25, 0.3) is 10.8 Å². The van der Waals surface area contributed by atoms with Gasteiger partial charge in [0.25, 0.3) is 5.91 Å². The van der Waals surface area contributed by atoms with Gasteiger partial charge in [0, 0.05) is 30.4 Å². The van der Waals surface area contributed by atoms with Crippen LogP contribution in [-0.4, -0.2) is 49.5 Å². The van der Waals surface area contributed by atoms with Crippen LogP contribution >= 0.6 is 15.9 Å². The van der Waals surface area contributed by atoms with Gasteiger partial charge in [0.2, 0.25) is 0 Å². The topological polar surface area (TPSA) is 48.0 Å². The summed E-state index contributed by atoms with van der Waals surface area (Å²) < 4.78 is 18.1. The maximum absolute atomic E-state index is 12.4. The van der Waals surface area contributed by atoms with Crippen LogP contribution in [-0.2, 0) is 14.3 Å². The van der Waals surface area contributed by atoms with Crippen molar-refractivity contribution in [2.45, 2.75) is 18.6 Å². The molecule has 132 valence electrons. The first-order valence-electron chi connectivity index (χ1n) is 8.51. The van der Waals surface area contributed by atoms with E-state index in [1.54, 1.807) is 0 Å². The Labute approximate surface area is 155 Å². The van der Waals surface area contributed by atoms with Crippen molar-refractivity contribution >= 4 is 32.6 Å². The Bertz CT molecular complexity index is 778. The molecule has 2 aliphatic rings. The Balaban J connectivity index is 1.33. The van der Waals surface area contributed by atoms with E-state index in [4.69, 9.17) is 14.2 Å². The third-order valence-electron chi connectivity index (χ3n) is 4.83. The van der Waals surface area contributed by atoms with Gasteiger partial charge in [-0.1, -0.05) is 28.1 Å². The second-order valence-corrected chi connectivity index (χ2v) is 7.35. The molecule has 0 radical (unpaired) electrons. The highest BCUT2D eigenvalue weighted by molar-refractivity contribution is 9.10. The van der Waals surface area contributed by atoms with E-state index in [2.05, 4.69) is 22.0 Å². The zero-order chi connectivity index (χ0) is 17.3. The van der Waals surface area contributed by atoms with E-state index in [1.165, 1.54) is 0 Å². The van der Waals surface area contributed by atoms with Crippen molar-refractivity contribution in [3.8, 4) is 5.75 Å². The molecule has 2 fully saturated rings. The van der Waals surface area contributed by atoms with Crippen LogP contribution in [0.15, 0.2) is 40.9 Å². The first-order valence-corrected chi connectivity index (χ1v) is 9.31. The lowest BCUT2D eigenvalue weighted by Crippen LogP contribution is -2.48. The molecular formula is C19H20BrNO4. The Kier molecular flexibility index (Phi) is 4.67. The number of ether oxygens (including phenoxy) is 3. The monoisotopic (exact) mass is 405 g/mol. The fourth-order valence-corrected chi connectivity index (χ4v) is 3.78. The maximum atomic E-state index is 12.4. The summed E-state index contributed by atoms with van der Waals surface area (Å²) in [7, 11) is 0. The van der Waals surface area contributed by atoms with E-state index in [9.17, 15) is 4.79 Å². The number of hydrogen-bond acceptors (Lipinski definition) is 4. The molecule has 0 aromatic heterocycles. The second-order valence-electron chi connectivity index (χ2n) is 6.43. The highest BCUT2D eigenvalue weighted by atomic mass is 79.9. The minimum atomic E-state index is -0.454. The normalized spacial score (nSPS) is 19.5. The van der Waals surface area contributed by atoms with Gasteiger partial charge >= 0.3 is 0 Å². The number of likely N-dealkylation sites (tertiary alicyclic amines) is 1. The van der Waals surface area contributed by atoms with Gasteiger partial charge in [0.1, 0.15) is 5.75 Å². The fourth-order valence-electron chi connectivity index (χ4n) is 3.40. The molecule has 5 nitrogen and oxygen atoms in total. The third kappa shape index (κ3) is 3.66. The Morgan fingerprint density at radius 3 is 2.52 bits per heavy atom. The number of benzene rings is 2. The van der Waals surface area contributed by atoms with Gasteiger partial charge in [-0.15, -0.1) is 0 Å². The number of halogens is 1. The van der Waals surface area contributed by atoms with Crippen LogP contribution in [0, 0.1) is 0 Å². The predicted molar refractivity (Wildman–Crippen MR) is 97.6 cm³/mol. The Hall–Kier alpha value is -1.63. The molecule has 0 bridgehead atoms. The number of fused-ring (bicyclic) bond motifs is 1. The van der Waals surface area contributed by atoms with E-state index < -0.39 is 5.79 Å². The largest absolute Gasteiger partial charge is 0.484 e. The molecule has 2 aromatic carbocycles. The maximum Gasteiger partial charge on any atom is 0.260 e. The van der Waals surface area contributed by atoms with E-state index in [-0.39, 0.29) is 12.5 Å². The second kappa shape index (κ2) is 6.94. The number of piperidine rings is 1. The first-order chi connectivity index (χ1) is 12.1. The fraction of sp³-hybridized carbons (Fsp3) is 0.421. The number of amides is 1. The molecule has 2 aromatic rings. The lowest BCUT2D eigenvalue weighted by Gasteiger charge is -2.37. The summed E-state index contributed by atoms with van der Waals surface area (Å²) in [5, 5.41) is 2.22. The molecule has 0 aliphatic carbocycles. The number of carbonyl (C=O) groups is 1.